The lowest BCUT2D eigenvalue weighted by Crippen LogP contribution is -2.30. The molecule has 0 aliphatic heterocycles. The molecule has 0 aliphatic carbocycles. The van der Waals surface area contributed by atoms with Gasteiger partial charge in [0.15, 0.2) is 6.61 Å². The molecule has 0 unspecified atom stereocenters. The molecule has 1 amide bonds. The first kappa shape index (κ1) is 20.5. The van der Waals surface area contributed by atoms with Crippen LogP contribution in [-0.2, 0) is 17.5 Å². The highest BCUT2D eigenvalue weighted by Crippen LogP contribution is 2.30. The summed E-state index contributed by atoms with van der Waals surface area (Å²) in [5.41, 5.74) is -0.125. The number of rotatable bonds is 7. The Balaban J connectivity index is 1.84. The van der Waals surface area contributed by atoms with Gasteiger partial charge in [-0.2, -0.15) is 22.0 Å². The zero-order valence-corrected chi connectivity index (χ0v) is 14.2. The highest BCUT2D eigenvalue weighted by Gasteiger charge is 2.30. The molecule has 2 rings (SSSR count). The standard InChI is InChI=1S/C18H16F5NO3/c1-24(10-12-2-6-15(7-3-12)27-17(19)20)16(25)11-26-14-8-4-13(5-9-14)18(21,22)23/h2-9,17H,10-11H2,1H3. The fraction of sp³-hybridized carbons (Fsp3) is 0.278. The van der Waals surface area contributed by atoms with Gasteiger partial charge in [0.2, 0.25) is 0 Å². The number of carbonyl (C=O) groups is 1. The monoisotopic (exact) mass is 389 g/mol. The van der Waals surface area contributed by atoms with E-state index in [0.717, 1.165) is 24.3 Å². The van der Waals surface area contributed by atoms with Gasteiger partial charge < -0.3 is 14.4 Å². The minimum Gasteiger partial charge on any atom is -0.484 e. The summed E-state index contributed by atoms with van der Waals surface area (Å²) < 4.78 is 71.1. The lowest BCUT2D eigenvalue weighted by Gasteiger charge is -2.18. The van der Waals surface area contributed by atoms with E-state index in [2.05, 4.69) is 4.74 Å². The number of benzene rings is 2. The van der Waals surface area contributed by atoms with Crippen molar-refractivity contribution >= 4 is 5.91 Å². The summed E-state index contributed by atoms with van der Waals surface area (Å²) in [7, 11) is 1.52. The normalized spacial score (nSPS) is 11.4. The van der Waals surface area contributed by atoms with Crippen LogP contribution < -0.4 is 9.47 Å². The molecule has 0 heterocycles. The van der Waals surface area contributed by atoms with Crippen LogP contribution in [0.3, 0.4) is 0 Å². The highest BCUT2D eigenvalue weighted by atomic mass is 19.4. The topological polar surface area (TPSA) is 38.8 Å². The van der Waals surface area contributed by atoms with Crippen LogP contribution in [0.5, 0.6) is 11.5 Å². The molecular formula is C18H16F5NO3. The Bertz CT molecular complexity index is 745. The number of carbonyl (C=O) groups excluding carboxylic acids is 1. The molecule has 0 N–H and O–H groups in total. The van der Waals surface area contributed by atoms with Gasteiger partial charge in [0, 0.05) is 13.6 Å². The van der Waals surface area contributed by atoms with Crippen molar-refractivity contribution in [3.63, 3.8) is 0 Å². The number of amides is 1. The average molecular weight is 389 g/mol. The van der Waals surface area contributed by atoms with Crippen LogP contribution in [0.15, 0.2) is 48.5 Å². The Morgan fingerprint density at radius 3 is 2.07 bits per heavy atom. The zero-order valence-electron chi connectivity index (χ0n) is 14.2. The van der Waals surface area contributed by atoms with Crippen LogP contribution in [-0.4, -0.2) is 31.1 Å². The third-order valence-electron chi connectivity index (χ3n) is 3.54. The van der Waals surface area contributed by atoms with Crippen molar-refractivity contribution < 1.29 is 36.2 Å². The summed E-state index contributed by atoms with van der Waals surface area (Å²) in [6.45, 7) is -3.07. The van der Waals surface area contributed by atoms with Crippen LogP contribution in [0.2, 0.25) is 0 Å². The SMILES string of the molecule is CN(Cc1ccc(OC(F)F)cc1)C(=O)COc1ccc(C(F)(F)F)cc1. The van der Waals surface area contributed by atoms with Gasteiger partial charge in [-0.05, 0) is 42.0 Å². The molecule has 146 valence electrons. The second kappa shape index (κ2) is 8.70. The predicted octanol–water partition coefficient (Wildman–Crippen LogP) is 4.34. The van der Waals surface area contributed by atoms with Gasteiger partial charge >= 0.3 is 12.8 Å². The third kappa shape index (κ3) is 6.43. The number of halogens is 5. The molecule has 0 fully saturated rings. The van der Waals surface area contributed by atoms with Gasteiger partial charge in [0.1, 0.15) is 11.5 Å². The number of ether oxygens (including phenoxy) is 2. The van der Waals surface area contributed by atoms with Crippen LogP contribution in [0.1, 0.15) is 11.1 Å². The van der Waals surface area contributed by atoms with E-state index < -0.39 is 24.3 Å². The van der Waals surface area contributed by atoms with Crippen molar-refractivity contribution in [2.45, 2.75) is 19.3 Å². The molecule has 2 aromatic carbocycles. The minimum atomic E-state index is -4.44. The van der Waals surface area contributed by atoms with Crippen molar-refractivity contribution in [1.82, 2.24) is 4.90 Å². The Labute approximate surface area is 152 Å². The van der Waals surface area contributed by atoms with Crippen LogP contribution in [0.4, 0.5) is 22.0 Å². The molecule has 0 aromatic heterocycles. The maximum atomic E-state index is 12.5. The van der Waals surface area contributed by atoms with Gasteiger partial charge in [0.05, 0.1) is 5.56 Å². The highest BCUT2D eigenvalue weighted by molar-refractivity contribution is 5.77. The number of hydrogen-bond donors (Lipinski definition) is 0. The third-order valence-corrected chi connectivity index (χ3v) is 3.54. The first-order chi connectivity index (χ1) is 12.6. The number of likely N-dealkylation sites (N-methyl/N-ethyl adjacent to an activating group) is 1. The minimum absolute atomic E-state index is 0.00775. The van der Waals surface area contributed by atoms with E-state index in [9.17, 15) is 26.7 Å². The van der Waals surface area contributed by atoms with Crippen molar-refractivity contribution in [1.29, 1.82) is 0 Å². The van der Waals surface area contributed by atoms with Gasteiger partial charge in [-0.3, -0.25) is 4.79 Å². The van der Waals surface area contributed by atoms with E-state index in [1.807, 2.05) is 0 Å². The largest absolute Gasteiger partial charge is 0.484 e. The predicted molar refractivity (Wildman–Crippen MR) is 86.5 cm³/mol. The Morgan fingerprint density at radius 2 is 1.56 bits per heavy atom. The first-order valence-corrected chi connectivity index (χ1v) is 7.73. The van der Waals surface area contributed by atoms with Crippen LogP contribution in [0.25, 0.3) is 0 Å². The molecule has 0 radical (unpaired) electrons. The average Bonchev–Trinajstić information content (AvgIpc) is 2.60. The number of nitrogens with zero attached hydrogens (tertiary/aromatic N) is 1. The number of hydrogen-bond acceptors (Lipinski definition) is 3. The van der Waals surface area contributed by atoms with Gasteiger partial charge in [-0.15, -0.1) is 0 Å². The zero-order chi connectivity index (χ0) is 20.0. The van der Waals surface area contributed by atoms with E-state index >= 15 is 0 Å². The van der Waals surface area contributed by atoms with Crippen LogP contribution >= 0.6 is 0 Å². The summed E-state index contributed by atoms with van der Waals surface area (Å²) in [4.78, 5) is 13.4. The summed E-state index contributed by atoms with van der Waals surface area (Å²) in [6.07, 6.45) is -4.44. The molecule has 0 spiro atoms. The number of alkyl halides is 5. The van der Waals surface area contributed by atoms with E-state index in [1.54, 1.807) is 0 Å². The molecule has 27 heavy (non-hydrogen) atoms. The van der Waals surface area contributed by atoms with E-state index in [4.69, 9.17) is 4.74 Å². The molecule has 9 heteroatoms. The summed E-state index contributed by atoms with van der Waals surface area (Å²) in [5.74, 6) is -0.255. The maximum Gasteiger partial charge on any atom is 0.416 e. The molecule has 0 saturated heterocycles. The Morgan fingerprint density at radius 1 is 1.00 bits per heavy atom. The Hall–Kier alpha value is -2.84. The molecule has 0 bridgehead atoms. The fourth-order valence-electron chi connectivity index (χ4n) is 2.13. The molecular weight excluding hydrogens is 373 g/mol. The van der Waals surface area contributed by atoms with E-state index in [0.29, 0.717) is 5.56 Å². The lowest BCUT2D eigenvalue weighted by atomic mass is 10.2. The van der Waals surface area contributed by atoms with Gasteiger partial charge in [-0.1, -0.05) is 12.1 Å². The van der Waals surface area contributed by atoms with E-state index in [-0.39, 0.29) is 24.7 Å². The maximum absolute atomic E-state index is 12.5. The molecule has 0 saturated carbocycles. The smallest absolute Gasteiger partial charge is 0.416 e. The Kier molecular flexibility index (Phi) is 6.59. The lowest BCUT2D eigenvalue weighted by molar-refractivity contribution is -0.137. The second-order valence-corrected chi connectivity index (χ2v) is 5.58. The molecule has 0 atom stereocenters. The second-order valence-electron chi connectivity index (χ2n) is 5.58. The summed E-state index contributed by atoms with van der Waals surface area (Å²) in [6, 6.07) is 9.81. The quantitative estimate of drug-likeness (QED) is 0.661. The summed E-state index contributed by atoms with van der Waals surface area (Å²) >= 11 is 0. The van der Waals surface area contributed by atoms with Crippen molar-refractivity contribution in [3.8, 4) is 11.5 Å². The molecule has 0 aliphatic rings. The first-order valence-electron chi connectivity index (χ1n) is 7.73. The molecule has 4 nitrogen and oxygen atoms in total. The van der Waals surface area contributed by atoms with Crippen LogP contribution in [0, 0.1) is 0 Å². The van der Waals surface area contributed by atoms with Crippen molar-refractivity contribution in [2.24, 2.45) is 0 Å². The molecule has 2 aromatic rings. The van der Waals surface area contributed by atoms with E-state index in [1.165, 1.54) is 36.2 Å². The van der Waals surface area contributed by atoms with Gasteiger partial charge in [0.25, 0.3) is 5.91 Å². The summed E-state index contributed by atoms with van der Waals surface area (Å²) in [5, 5.41) is 0. The fourth-order valence-corrected chi connectivity index (χ4v) is 2.13. The van der Waals surface area contributed by atoms with Crippen molar-refractivity contribution in [2.75, 3.05) is 13.7 Å². The van der Waals surface area contributed by atoms with Gasteiger partial charge in [-0.25, -0.2) is 0 Å². The van der Waals surface area contributed by atoms with Crippen molar-refractivity contribution in [3.05, 3.63) is 59.7 Å².